The number of benzene rings is 2. The smallest absolute Gasteiger partial charge is 0.243 e. The number of nitrogens with one attached hydrogen (secondary N) is 4. The van der Waals surface area contributed by atoms with Crippen molar-refractivity contribution in [1.29, 1.82) is 0 Å². The van der Waals surface area contributed by atoms with Crippen LogP contribution in [0.4, 0.5) is 17.3 Å². The molecule has 11 heteroatoms. The molecule has 3 aliphatic rings. The van der Waals surface area contributed by atoms with E-state index in [-0.39, 0.29) is 24.0 Å². The first-order valence-corrected chi connectivity index (χ1v) is 14.6. The van der Waals surface area contributed by atoms with Gasteiger partial charge in [0, 0.05) is 18.2 Å². The number of nitrogens with zero attached hydrogens (tertiary/aromatic N) is 2. The summed E-state index contributed by atoms with van der Waals surface area (Å²) in [5.74, 6) is -0.234. The first-order chi connectivity index (χ1) is 20.3. The first-order valence-electron chi connectivity index (χ1n) is 14.6. The minimum Gasteiger partial charge on any atom is -0.369 e. The van der Waals surface area contributed by atoms with Gasteiger partial charge in [0.15, 0.2) is 5.95 Å². The molecule has 2 unspecified atom stereocenters. The Bertz CT molecular complexity index is 1440. The summed E-state index contributed by atoms with van der Waals surface area (Å²) in [6.45, 7) is 0. The van der Waals surface area contributed by atoms with Crippen molar-refractivity contribution in [1.82, 2.24) is 20.2 Å². The number of H-pyrrole nitrogens is 1. The van der Waals surface area contributed by atoms with Crippen molar-refractivity contribution in [3.8, 4) is 0 Å². The molecular weight excluding hydrogens is 532 g/mol. The van der Waals surface area contributed by atoms with E-state index >= 15 is 0 Å². The highest BCUT2D eigenvalue weighted by atomic mass is 16.2. The van der Waals surface area contributed by atoms with Crippen molar-refractivity contribution in [3.63, 3.8) is 0 Å². The van der Waals surface area contributed by atoms with Crippen LogP contribution >= 0.6 is 0 Å². The summed E-state index contributed by atoms with van der Waals surface area (Å²) in [4.78, 5) is 49.6. The molecule has 42 heavy (non-hydrogen) atoms. The number of aromatic amines is 1. The van der Waals surface area contributed by atoms with Crippen LogP contribution in [0.5, 0.6) is 0 Å². The van der Waals surface area contributed by atoms with Crippen LogP contribution in [0.2, 0.25) is 0 Å². The maximum atomic E-state index is 14.0. The number of hydrogen-bond donors (Lipinski definition) is 6. The average molecular weight is 571 g/mol. The number of fused-ring (bicyclic) bond motifs is 2. The van der Waals surface area contributed by atoms with Crippen LogP contribution in [0.25, 0.3) is 0 Å². The zero-order chi connectivity index (χ0) is 29.3. The SMILES string of the molecule is Nc1ncc(CC[C@](C=O)(CC2Nc3ccccc3N2)NC(=O)[C@@H]2CCC3CCC(N)(Cc4ccccc4)C(=O)N32)[nH]1. The molecule has 11 nitrogen and oxygen atoms in total. The molecule has 2 fully saturated rings. The second-order valence-electron chi connectivity index (χ2n) is 12.0. The number of imidazole rings is 1. The number of hydrogen-bond acceptors (Lipinski definition) is 8. The molecule has 0 radical (unpaired) electrons. The molecule has 3 aliphatic heterocycles. The van der Waals surface area contributed by atoms with Crippen LogP contribution in [-0.2, 0) is 27.2 Å². The zero-order valence-electron chi connectivity index (χ0n) is 23.5. The van der Waals surface area contributed by atoms with E-state index in [1.807, 2.05) is 54.6 Å². The summed E-state index contributed by atoms with van der Waals surface area (Å²) in [6.07, 6.45) is 6.22. The van der Waals surface area contributed by atoms with Crippen molar-refractivity contribution < 1.29 is 14.4 Å². The maximum Gasteiger partial charge on any atom is 0.243 e. The second-order valence-corrected chi connectivity index (χ2v) is 12.0. The predicted octanol–water partition coefficient (Wildman–Crippen LogP) is 2.33. The van der Waals surface area contributed by atoms with Gasteiger partial charge in [0.25, 0.3) is 0 Å². The van der Waals surface area contributed by atoms with Gasteiger partial charge in [-0.15, -0.1) is 0 Å². The van der Waals surface area contributed by atoms with E-state index < -0.39 is 17.1 Å². The van der Waals surface area contributed by atoms with Crippen LogP contribution in [0.3, 0.4) is 0 Å². The molecule has 0 bridgehead atoms. The van der Waals surface area contributed by atoms with Crippen LogP contribution < -0.4 is 27.4 Å². The summed E-state index contributed by atoms with van der Waals surface area (Å²) < 4.78 is 0. The highest BCUT2D eigenvalue weighted by molar-refractivity contribution is 5.95. The van der Waals surface area contributed by atoms with Gasteiger partial charge in [-0.1, -0.05) is 42.5 Å². The van der Waals surface area contributed by atoms with E-state index in [0.717, 1.165) is 41.8 Å². The fourth-order valence-corrected chi connectivity index (χ4v) is 6.80. The number of aromatic nitrogens is 2. The zero-order valence-corrected chi connectivity index (χ0v) is 23.5. The number of nitrogen functional groups attached to an aromatic ring is 1. The fourth-order valence-electron chi connectivity index (χ4n) is 6.80. The lowest BCUT2D eigenvalue weighted by atomic mass is 9.81. The molecule has 4 atom stereocenters. The van der Waals surface area contributed by atoms with Gasteiger partial charge >= 0.3 is 0 Å². The minimum absolute atomic E-state index is 0.0352. The molecule has 2 saturated heterocycles. The third kappa shape index (κ3) is 5.44. The van der Waals surface area contributed by atoms with Gasteiger partial charge in [-0.25, -0.2) is 4.98 Å². The monoisotopic (exact) mass is 570 g/mol. The Kier molecular flexibility index (Phi) is 7.36. The topological polar surface area (TPSA) is 171 Å². The number of anilines is 3. The number of piperidine rings is 1. The van der Waals surface area contributed by atoms with E-state index in [4.69, 9.17) is 11.5 Å². The molecule has 2 amide bonds. The number of para-hydroxylation sites is 2. The van der Waals surface area contributed by atoms with E-state index in [1.165, 1.54) is 0 Å². The predicted molar refractivity (Wildman–Crippen MR) is 160 cm³/mol. The molecule has 0 aliphatic carbocycles. The van der Waals surface area contributed by atoms with Crippen molar-refractivity contribution >= 4 is 35.4 Å². The van der Waals surface area contributed by atoms with E-state index in [1.54, 1.807) is 11.1 Å². The van der Waals surface area contributed by atoms with Crippen LogP contribution in [0.15, 0.2) is 60.8 Å². The Hall–Kier alpha value is -4.38. The fraction of sp³-hybridized carbons (Fsp3) is 0.419. The molecule has 0 saturated carbocycles. The van der Waals surface area contributed by atoms with Crippen molar-refractivity contribution in [3.05, 3.63) is 72.1 Å². The van der Waals surface area contributed by atoms with Crippen molar-refractivity contribution in [2.24, 2.45) is 5.73 Å². The lowest BCUT2D eigenvalue weighted by molar-refractivity contribution is -0.149. The highest BCUT2D eigenvalue weighted by Gasteiger charge is 2.52. The van der Waals surface area contributed by atoms with Gasteiger partial charge in [0.2, 0.25) is 11.8 Å². The molecule has 6 rings (SSSR count). The molecule has 220 valence electrons. The number of aryl methyl sites for hydroxylation is 1. The Morgan fingerprint density at radius 3 is 2.48 bits per heavy atom. The number of aldehydes is 1. The third-order valence-corrected chi connectivity index (χ3v) is 8.99. The summed E-state index contributed by atoms with van der Waals surface area (Å²) in [7, 11) is 0. The molecule has 0 spiro atoms. The van der Waals surface area contributed by atoms with Gasteiger partial charge in [-0.3, -0.25) is 9.59 Å². The largest absolute Gasteiger partial charge is 0.369 e. The van der Waals surface area contributed by atoms with Gasteiger partial charge in [-0.05, 0) is 62.6 Å². The minimum atomic E-state index is -1.22. The Labute approximate surface area is 244 Å². The summed E-state index contributed by atoms with van der Waals surface area (Å²) in [5.41, 5.74) is 13.9. The molecule has 3 aromatic rings. The van der Waals surface area contributed by atoms with E-state index in [2.05, 4.69) is 25.9 Å². The third-order valence-electron chi connectivity index (χ3n) is 8.99. The normalized spacial score (nSPS) is 24.7. The molecule has 1 aromatic heterocycles. The van der Waals surface area contributed by atoms with Crippen molar-refractivity contribution in [2.75, 3.05) is 16.4 Å². The lowest BCUT2D eigenvalue weighted by Gasteiger charge is -2.44. The second kappa shape index (κ2) is 11.1. The number of amides is 2. The number of carbonyl (C=O) groups excluding carboxylic acids is 3. The van der Waals surface area contributed by atoms with Gasteiger partial charge in [0.1, 0.15) is 12.3 Å². The van der Waals surface area contributed by atoms with Crippen LogP contribution in [-0.4, -0.2) is 62.3 Å². The summed E-state index contributed by atoms with van der Waals surface area (Å²) >= 11 is 0. The highest BCUT2D eigenvalue weighted by Crippen LogP contribution is 2.38. The van der Waals surface area contributed by atoms with Crippen LogP contribution in [0, 0.1) is 0 Å². The molecular formula is C31H38N8O3. The molecule has 2 aromatic carbocycles. The first kappa shape index (κ1) is 27.8. The summed E-state index contributed by atoms with van der Waals surface area (Å²) in [5, 5.41) is 9.92. The van der Waals surface area contributed by atoms with Crippen LogP contribution in [0.1, 0.15) is 49.8 Å². The number of rotatable bonds is 10. The molecule has 8 N–H and O–H groups in total. The summed E-state index contributed by atoms with van der Waals surface area (Å²) in [6, 6.07) is 16.8. The van der Waals surface area contributed by atoms with E-state index in [0.29, 0.717) is 44.5 Å². The van der Waals surface area contributed by atoms with Gasteiger partial charge in [0.05, 0.1) is 34.8 Å². The maximum absolute atomic E-state index is 14.0. The average Bonchev–Trinajstić information content (AvgIpc) is 3.72. The standard InChI is InChI=1S/C31H38N8O3/c32-29-34-18-21(35-29)12-14-30(19-40,17-26-36-23-8-4-5-9-24(23)37-26)38-27(41)25-11-10-22-13-15-31(33,28(42)39(22)25)16-20-6-2-1-3-7-20/h1-9,18-19,22,25-26,36-37H,10-17,33H2,(H,38,41)(H3,32,34,35)/t22?,25-,30+,31?/m0/s1. The van der Waals surface area contributed by atoms with E-state index in [9.17, 15) is 14.4 Å². The Morgan fingerprint density at radius 2 is 1.81 bits per heavy atom. The Balaban J connectivity index is 1.21. The lowest BCUT2D eigenvalue weighted by Crippen LogP contribution is -2.66. The van der Waals surface area contributed by atoms with Crippen molar-refractivity contribution in [2.45, 2.75) is 80.7 Å². The number of nitrogens with two attached hydrogens (primary N) is 2. The van der Waals surface area contributed by atoms with Gasteiger partial charge in [-0.2, -0.15) is 0 Å². The quantitative estimate of drug-likeness (QED) is 0.202. The Morgan fingerprint density at radius 1 is 1.10 bits per heavy atom. The molecule has 4 heterocycles. The van der Waals surface area contributed by atoms with Gasteiger partial charge < -0.3 is 42.1 Å². The number of carbonyl (C=O) groups is 3.